The third kappa shape index (κ3) is 1.48. The van der Waals surface area contributed by atoms with Crippen LogP contribution in [0.4, 0.5) is 11.4 Å². The smallest absolute Gasteiger partial charge is 0.0643 e. The second-order valence-electron chi connectivity index (χ2n) is 3.98. The summed E-state index contributed by atoms with van der Waals surface area (Å²) in [6.07, 6.45) is 1.10. The van der Waals surface area contributed by atoms with Crippen molar-refractivity contribution in [3.63, 3.8) is 0 Å². The van der Waals surface area contributed by atoms with Gasteiger partial charge in [0.15, 0.2) is 0 Å². The van der Waals surface area contributed by atoms with E-state index in [1.807, 2.05) is 18.2 Å². The van der Waals surface area contributed by atoms with E-state index in [1.165, 1.54) is 11.3 Å². The molecule has 0 aliphatic carbocycles. The van der Waals surface area contributed by atoms with Crippen LogP contribution in [0, 0.1) is 0 Å². The summed E-state index contributed by atoms with van der Waals surface area (Å²) in [6.45, 7) is 1.02. The van der Waals surface area contributed by atoms with Gasteiger partial charge in [-0.3, -0.25) is 0 Å². The first-order valence-corrected chi connectivity index (χ1v) is 5.84. The Kier molecular flexibility index (Phi) is 2.33. The first kappa shape index (κ1) is 9.73. The Labute approximate surface area is 100 Å². The topological polar surface area (TPSA) is 3.24 Å². The van der Waals surface area contributed by atoms with Crippen LogP contribution in [0.25, 0.3) is 0 Å². The van der Waals surface area contributed by atoms with Gasteiger partial charge < -0.3 is 4.90 Å². The van der Waals surface area contributed by atoms with Crippen molar-refractivity contribution in [1.29, 1.82) is 0 Å². The van der Waals surface area contributed by atoms with Gasteiger partial charge in [0.1, 0.15) is 0 Å². The summed E-state index contributed by atoms with van der Waals surface area (Å²) in [5.41, 5.74) is 3.80. The molecular weight excluding hydrogens is 218 g/mol. The summed E-state index contributed by atoms with van der Waals surface area (Å²) < 4.78 is 0. The lowest BCUT2D eigenvalue weighted by Gasteiger charge is -2.20. The van der Waals surface area contributed by atoms with Gasteiger partial charge in [0.2, 0.25) is 0 Å². The summed E-state index contributed by atoms with van der Waals surface area (Å²) in [6, 6.07) is 16.5. The number of halogens is 1. The zero-order chi connectivity index (χ0) is 11.0. The Hall–Kier alpha value is -1.47. The van der Waals surface area contributed by atoms with E-state index in [9.17, 15) is 0 Å². The highest BCUT2D eigenvalue weighted by Crippen LogP contribution is 2.37. The standard InChI is InChI=1S/C14H12ClN/c15-12-6-2-4-8-14(12)16-10-9-11-5-1-3-7-13(11)16/h1-8H,9-10H2. The van der Waals surface area contributed by atoms with E-state index in [0.29, 0.717) is 0 Å². The van der Waals surface area contributed by atoms with Crippen molar-refractivity contribution in [1.82, 2.24) is 0 Å². The maximum atomic E-state index is 6.23. The quantitative estimate of drug-likeness (QED) is 0.714. The molecule has 0 fully saturated rings. The maximum absolute atomic E-state index is 6.23. The molecule has 1 aliphatic heterocycles. The minimum atomic E-state index is 0.819. The fourth-order valence-electron chi connectivity index (χ4n) is 2.26. The lowest BCUT2D eigenvalue weighted by molar-refractivity contribution is 0.998. The third-order valence-electron chi connectivity index (χ3n) is 3.03. The molecule has 2 aromatic rings. The largest absolute Gasteiger partial charge is 0.340 e. The summed E-state index contributed by atoms with van der Waals surface area (Å²) in [4.78, 5) is 2.29. The fourth-order valence-corrected chi connectivity index (χ4v) is 2.50. The van der Waals surface area contributed by atoms with Crippen LogP contribution in [0.2, 0.25) is 5.02 Å². The van der Waals surface area contributed by atoms with Crippen molar-refractivity contribution in [3.05, 3.63) is 59.1 Å². The second-order valence-corrected chi connectivity index (χ2v) is 4.39. The molecular formula is C14H12ClN. The predicted molar refractivity (Wildman–Crippen MR) is 68.6 cm³/mol. The molecule has 0 amide bonds. The molecule has 1 heterocycles. The van der Waals surface area contributed by atoms with Gasteiger partial charge in [0, 0.05) is 12.2 Å². The zero-order valence-corrected chi connectivity index (χ0v) is 9.61. The van der Waals surface area contributed by atoms with E-state index in [2.05, 4.69) is 35.2 Å². The van der Waals surface area contributed by atoms with Gasteiger partial charge in [-0.1, -0.05) is 41.9 Å². The van der Waals surface area contributed by atoms with Gasteiger partial charge in [-0.2, -0.15) is 0 Å². The molecule has 16 heavy (non-hydrogen) atoms. The van der Waals surface area contributed by atoms with Crippen LogP contribution < -0.4 is 4.90 Å². The Bertz CT molecular complexity index is 522. The molecule has 2 heteroatoms. The number of fused-ring (bicyclic) bond motifs is 1. The molecule has 0 bridgehead atoms. The number of anilines is 2. The van der Waals surface area contributed by atoms with Crippen LogP contribution in [0.1, 0.15) is 5.56 Å². The summed E-state index contributed by atoms with van der Waals surface area (Å²) in [5, 5.41) is 0.819. The minimum Gasteiger partial charge on any atom is -0.340 e. The molecule has 0 unspecified atom stereocenters. The van der Waals surface area contributed by atoms with Crippen molar-refractivity contribution < 1.29 is 0 Å². The highest BCUT2D eigenvalue weighted by molar-refractivity contribution is 6.33. The van der Waals surface area contributed by atoms with Crippen LogP contribution in [0.5, 0.6) is 0 Å². The van der Waals surface area contributed by atoms with Gasteiger partial charge in [-0.15, -0.1) is 0 Å². The molecule has 0 saturated heterocycles. The number of benzene rings is 2. The van der Waals surface area contributed by atoms with Crippen LogP contribution in [-0.2, 0) is 6.42 Å². The molecule has 0 N–H and O–H groups in total. The normalized spacial score (nSPS) is 13.9. The molecule has 0 aromatic heterocycles. The molecule has 1 aliphatic rings. The molecule has 0 atom stereocenters. The van der Waals surface area contributed by atoms with E-state index >= 15 is 0 Å². The van der Waals surface area contributed by atoms with Crippen LogP contribution >= 0.6 is 11.6 Å². The van der Waals surface area contributed by atoms with Crippen molar-refractivity contribution in [2.24, 2.45) is 0 Å². The fraction of sp³-hybridized carbons (Fsp3) is 0.143. The van der Waals surface area contributed by atoms with Gasteiger partial charge in [-0.05, 0) is 30.2 Å². The Morgan fingerprint density at radius 2 is 1.56 bits per heavy atom. The highest BCUT2D eigenvalue weighted by Gasteiger charge is 2.20. The second kappa shape index (κ2) is 3.84. The van der Waals surface area contributed by atoms with Gasteiger partial charge in [0.05, 0.1) is 10.7 Å². The van der Waals surface area contributed by atoms with Crippen molar-refractivity contribution >= 4 is 23.0 Å². The molecule has 80 valence electrons. The Morgan fingerprint density at radius 1 is 0.875 bits per heavy atom. The lowest BCUT2D eigenvalue weighted by Crippen LogP contribution is -2.13. The van der Waals surface area contributed by atoms with E-state index in [-0.39, 0.29) is 0 Å². The highest BCUT2D eigenvalue weighted by atomic mass is 35.5. The Morgan fingerprint density at radius 3 is 2.38 bits per heavy atom. The van der Waals surface area contributed by atoms with Crippen molar-refractivity contribution in [3.8, 4) is 0 Å². The molecule has 0 radical (unpaired) electrons. The van der Waals surface area contributed by atoms with Gasteiger partial charge in [-0.25, -0.2) is 0 Å². The zero-order valence-electron chi connectivity index (χ0n) is 8.86. The molecule has 0 saturated carbocycles. The van der Waals surface area contributed by atoms with Crippen LogP contribution in [0.15, 0.2) is 48.5 Å². The predicted octanol–water partition coefficient (Wildman–Crippen LogP) is 4.03. The number of rotatable bonds is 1. The molecule has 3 rings (SSSR count). The van der Waals surface area contributed by atoms with Crippen molar-refractivity contribution in [2.75, 3.05) is 11.4 Å². The van der Waals surface area contributed by atoms with Crippen LogP contribution in [-0.4, -0.2) is 6.54 Å². The van der Waals surface area contributed by atoms with E-state index < -0.39 is 0 Å². The summed E-state index contributed by atoms with van der Waals surface area (Å²) in [5.74, 6) is 0. The molecule has 2 aromatic carbocycles. The van der Waals surface area contributed by atoms with E-state index in [4.69, 9.17) is 11.6 Å². The lowest BCUT2D eigenvalue weighted by atomic mass is 10.2. The molecule has 0 spiro atoms. The summed E-state index contributed by atoms with van der Waals surface area (Å²) >= 11 is 6.23. The van der Waals surface area contributed by atoms with Crippen molar-refractivity contribution in [2.45, 2.75) is 6.42 Å². The average Bonchev–Trinajstić information content (AvgIpc) is 2.74. The van der Waals surface area contributed by atoms with Gasteiger partial charge >= 0.3 is 0 Å². The Balaban J connectivity index is 2.08. The maximum Gasteiger partial charge on any atom is 0.0643 e. The third-order valence-corrected chi connectivity index (χ3v) is 3.35. The van der Waals surface area contributed by atoms with Crippen LogP contribution in [0.3, 0.4) is 0 Å². The van der Waals surface area contributed by atoms with Gasteiger partial charge in [0.25, 0.3) is 0 Å². The number of para-hydroxylation sites is 2. The average molecular weight is 230 g/mol. The SMILES string of the molecule is Clc1ccccc1N1CCc2ccccc21. The van der Waals surface area contributed by atoms with E-state index in [0.717, 1.165) is 23.7 Å². The molecule has 1 nitrogen and oxygen atoms in total. The first-order valence-electron chi connectivity index (χ1n) is 5.46. The van der Waals surface area contributed by atoms with E-state index in [1.54, 1.807) is 0 Å². The number of nitrogens with zero attached hydrogens (tertiary/aromatic N) is 1. The first-order chi connectivity index (χ1) is 7.86. The number of hydrogen-bond donors (Lipinski definition) is 0. The summed E-state index contributed by atoms with van der Waals surface area (Å²) in [7, 11) is 0. The number of hydrogen-bond acceptors (Lipinski definition) is 1. The minimum absolute atomic E-state index is 0.819. The monoisotopic (exact) mass is 229 g/mol.